The molecule has 94 valence electrons. The third-order valence-corrected chi connectivity index (χ3v) is 2.33. The van der Waals surface area contributed by atoms with Crippen molar-refractivity contribution in [2.45, 2.75) is 33.2 Å². The van der Waals surface area contributed by atoms with Crippen LogP contribution in [0.1, 0.15) is 36.5 Å². The van der Waals surface area contributed by atoms with Crippen LogP contribution >= 0.6 is 0 Å². The van der Waals surface area contributed by atoms with E-state index in [4.69, 9.17) is 5.11 Å². The molecule has 0 aliphatic carbocycles. The van der Waals surface area contributed by atoms with Crippen LogP contribution in [0.3, 0.4) is 0 Å². The topological polar surface area (TPSA) is 75.1 Å². The highest BCUT2D eigenvalue weighted by Crippen LogP contribution is 2.05. The van der Waals surface area contributed by atoms with Gasteiger partial charge in [-0.1, -0.05) is 13.8 Å². The first-order chi connectivity index (χ1) is 8.02. The largest absolute Gasteiger partial charge is 0.394 e. The summed E-state index contributed by atoms with van der Waals surface area (Å²) in [6.07, 6.45) is 3.72. The van der Waals surface area contributed by atoms with Crippen molar-refractivity contribution in [2.24, 2.45) is 5.92 Å². The Bertz CT molecular complexity index is 363. The number of carbonyl (C=O) groups excluding carboxylic acids is 1. The van der Waals surface area contributed by atoms with Crippen LogP contribution in [-0.4, -0.2) is 33.6 Å². The van der Waals surface area contributed by atoms with Crippen molar-refractivity contribution in [3.8, 4) is 0 Å². The Hall–Kier alpha value is -1.49. The molecule has 1 amide bonds. The third-order valence-electron chi connectivity index (χ3n) is 2.33. The fourth-order valence-corrected chi connectivity index (χ4v) is 1.52. The molecule has 0 aromatic carbocycles. The van der Waals surface area contributed by atoms with Gasteiger partial charge < -0.3 is 10.4 Å². The van der Waals surface area contributed by atoms with Gasteiger partial charge in [-0.2, -0.15) is 0 Å². The molecule has 0 saturated heterocycles. The Balaban J connectivity index is 2.61. The third kappa shape index (κ3) is 4.48. The zero-order chi connectivity index (χ0) is 12.8. The minimum atomic E-state index is -0.294. The molecule has 5 nitrogen and oxygen atoms in total. The normalized spacial score (nSPS) is 12.5. The average Bonchev–Trinajstić information content (AvgIpc) is 2.28. The molecule has 0 spiro atoms. The lowest BCUT2D eigenvalue weighted by Gasteiger charge is -2.17. The Morgan fingerprint density at radius 2 is 2.12 bits per heavy atom. The number of hydrogen-bond acceptors (Lipinski definition) is 4. The van der Waals surface area contributed by atoms with Crippen LogP contribution in [0.4, 0.5) is 0 Å². The predicted molar refractivity (Wildman–Crippen MR) is 64.6 cm³/mol. The second-order valence-corrected chi connectivity index (χ2v) is 4.53. The summed E-state index contributed by atoms with van der Waals surface area (Å²) >= 11 is 0. The van der Waals surface area contributed by atoms with Gasteiger partial charge in [0.1, 0.15) is 5.69 Å². The van der Waals surface area contributed by atoms with E-state index in [0.29, 0.717) is 5.92 Å². The highest BCUT2D eigenvalue weighted by Gasteiger charge is 2.15. The van der Waals surface area contributed by atoms with Gasteiger partial charge in [0.25, 0.3) is 5.91 Å². The molecule has 5 heteroatoms. The lowest BCUT2D eigenvalue weighted by Crippen LogP contribution is -2.38. The molecule has 1 atom stereocenters. The quantitative estimate of drug-likeness (QED) is 0.798. The van der Waals surface area contributed by atoms with Gasteiger partial charge in [0.05, 0.1) is 24.5 Å². The number of nitrogens with zero attached hydrogens (tertiary/aromatic N) is 2. The first-order valence-corrected chi connectivity index (χ1v) is 5.73. The van der Waals surface area contributed by atoms with Gasteiger partial charge in [-0.25, -0.2) is 4.98 Å². The molecule has 2 N–H and O–H groups in total. The van der Waals surface area contributed by atoms with E-state index in [1.807, 2.05) is 20.8 Å². The number of hydrogen-bond donors (Lipinski definition) is 2. The van der Waals surface area contributed by atoms with Crippen molar-refractivity contribution in [3.05, 3.63) is 23.8 Å². The van der Waals surface area contributed by atoms with Crippen molar-refractivity contribution in [1.82, 2.24) is 15.3 Å². The number of rotatable bonds is 5. The molecule has 0 radical (unpaired) electrons. The number of amides is 1. The van der Waals surface area contributed by atoms with Crippen LogP contribution in [0.15, 0.2) is 12.4 Å². The molecule has 1 heterocycles. The zero-order valence-electron chi connectivity index (χ0n) is 10.5. The van der Waals surface area contributed by atoms with Crippen LogP contribution in [0.25, 0.3) is 0 Å². The Morgan fingerprint density at radius 1 is 1.41 bits per heavy atom. The summed E-state index contributed by atoms with van der Waals surface area (Å²) in [5.41, 5.74) is 1.04. The van der Waals surface area contributed by atoms with Gasteiger partial charge in [-0.15, -0.1) is 0 Å². The summed E-state index contributed by atoms with van der Waals surface area (Å²) in [4.78, 5) is 19.8. The first kappa shape index (κ1) is 13.6. The maximum Gasteiger partial charge on any atom is 0.271 e. The molecule has 1 unspecified atom stereocenters. The van der Waals surface area contributed by atoms with Gasteiger partial charge >= 0.3 is 0 Å². The van der Waals surface area contributed by atoms with Crippen LogP contribution in [0.2, 0.25) is 0 Å². The first-order valence-electron chi connectivity index (χ1n) is 5.73. The van der Waals surface area contributed by atoms with Crippen molar-refractivity contribution in [3.63, 3.8) is 0 Å². The van der Waals surface area contributed by atoms with E-state index in [1.54, 1.807) is 6.20 Å². The average molecular weight is 237 g/mol. The number of aryl methyl sites for hydroxylation is 1. The van der Waals surface area contributed by atoms with Crippen molar-refractivity contribution < 1.29 is 9.90 Å². The zero-order valence-corrected chi connectivity index (χ0v) is 10.5. The molecule has 1 aromatic heterocycles. The minimum Gasteiger partial charge on any atom is -0.394 e. The summed E-state index contributed by atoms with van der Waals surface area (Å²) in [5, 5.41) is 11.9. The van der Waals surface area contributed by atoms with E-state index in [1.165, 1.54) is 6.20 Å². The maximum atomic E-state index is 11.8. The molecular weight excluding hydrogens is 218 g/mol. The summed E-state index contributed by atoms with van der Waals surface area (Å²) in [6.45, 7) is 5.83. The molecule has 1 aromatic rings. The molecule has 17 heavy (non-hydrogen) atoms. The van der Waals surface area contributed by atoms with E-state index in [2.05, 4.69) is 15.3 Å². The maximum absolute atomic E-state index is 11.8. The van der Waals surface area contributed by atoms with Gasteiger partial charge in [-0.3, -0.25) is 9.78 Å². The molecular formula is C12H19N3O2. The molecule has 0 aliphatic heterocycles. The second-order valence-electron chi connectivity index (χ2n) is 4.53. The van der Waals surface area contributed by atoms with Crippen LogP contribution in [0, 0.1) is 12.8 Å². The lowest BCUT2D eigenvalue weighted by molar-refractivity contribution is 0.0903. The lowest BCUT2D eigenvalue weighted by atomic mass is 10.0. The van der Waals surface area contributed by atoms with E-state index >= 15 is 0 Å². The van der Waals surface area contributed by atoms with E-state index in [0.717, 1.165) is 12.1 Å². The molecule has 1 rings (SSSR count). The smallest absolute Gasteiger partial charge is 0.271 e. The Labute approximate surface area is 101 Å². The SMILES string of the molecule is Cc1cnc(C(=O)NC(CO)CC(C)C)cn1. The van der Waals surface area contributed by atoms with Crippen LogP contribution in [-0.2, 0) is 0 Å². The number of nitrogens with one attached hydrogen (secondary N) is 1. The number of aliphatic hydroxyl groups excluding tert-OH is 1. The van der Waals surface area contributed by atoms with Gasteiger partial charge in [-0.05, 0) is 19.3 Å². The van der Waals surface area contributed by atoms with Crippen LogP contribution < -0.4 is 5.32 Å². The summed E-state index contributed by atoms with van der Waals surface area (Å²) in [6, 6.07) is -0.231. The predicted octanol–water partition coefficient (Wildman–Crippen LogP) is 0.922. The fraction of sp³-hybridized carbons (Fsp3) is 0.583. The Morgan fingerprint density at radius 3 is 2.59 bits per heavy atom. The molecule has 0 fully saturated rings. The van der Waals surface area contributed by atoms with Gasteiger partial charge in [0, 0.05) is 6.20 Å². The minimum absolute atomic E-state index is 0.0663. The van der Waals surface area contributed by atoms with E-state index in [9.17, 15) is 4.79 Å². The number of carbonyl (C=O) groups is 1. The highest BCUT2D eigenvalue weighted by atomic mass is 16.3. The summed E-state index contributed by atoms with van der Waals surface area (Å²) in [7, 11) is 0. The molecule has 0 bridgehead atoms. The molecule has 0 aliphatic rings. The monoisotopic (exact) mass is 237 g/mol. The van der Waals surface area contributed by atoms with Crippen molar-refractivity contribution >= 4 is 5.91 Å². The second kappa shape index (κ2) is 6.30. The molecule has 0 saturated carbocycles. The van der Waals surface area contributed by atoms with E-state index in [-0.39, 0.29) is 24.2 Å². The van der Waals surface area contributed by atoms with Crippen molar-refractivity contribution in [2.75, 3.05) is 6.61 Å². The summed E-state index contributed by atoms with van der Waals surface area (Å²) in [5.74, 6) is 0.119. The standard InChI is InChI=1S/C12H19N3O2/c1-8(2)4-10(7-16)15-12(17)11-6-13-9(3)5-14-11/h5-6,8,10,16H,4,7H2,1-3H3,(H,15,17). The van der Waals surface area contributed by atoms with Crippen LogP contribution in [0.5, 0.6) is 0 Å². The summed E-state index contributed by atoms with van der Waals surface area (Å²) < 4.78 is 0. The number of aromatic nitrogens is 2. The Kier molecular flexibility index (Phi) is 5.03. The van der Waals surface area contributed by atoms with Crippen molar-refractivity contribution in [1.29, 1.82) is 0 Å². The fourth-order valence-electron chi connectivity index (χ4n) is 1.52. The van der Waals surface area contributed by atoms with E-state index < -0.39 is 0 Å². The highest BCUT2D eigenvalue weighted by molar-refractivity contribution is 5.92. The van der Waals surface area contributed by atoms with Gasteiger partial charge in [0.2, 0.25) is 0 Å². The van der Waals surface area contributed by atoms with Gasteiger partial charge in [0.15, 0.2) is 0 Å². The number of aliphatic hydroxyl groups is 1.